The number of aromatic nitrogens is 2. The van der Waals surface area contributed by atoms with Crippen LogP contribution in [0.4, 0.5) is 10.3 Å². The molecule has 126 valence electrons. The Kier molecular flexibility index (Phi) is 5.00. The van der Waals surface area contributed by atoms with E-state index in [-0.39, 0.29) is 18.2 Å². The fourth-order valence-electron chi connectivity index (χ4n) is 2.36. The number of hydrogen-bond acceptors (Lipinski definition) is 6. The van der Waals surface area contributed by atoms with Crippen molar-refractivity contribution in [3.63, 3.8) is 0 Å². The molecule has 0 atom stereocenters. The number of ether oxygens (including phenoxy) is 2. The molecule has 1 fully saturated rings. The van der Waals surface area contributed by atoms with E-state index >= 15 is 0 Å². The normalized spacial score (nSPS) is 14.5. The minimum Gasteiger partial charge on any atom is -0.469 e. The SMILES string of the molecule is Cc1cc(OCC(=O)c2ccc(F)cc2)nc(N2CCOCC2)n1. The van der Waals surface area contributed by atoms with Crippen LogP contribution in [0.2, 0.25) is 0 Å². The van der Waals surface area contributed by atoms with Crippen LogP contribution >= 0.6 is 0 Å². The molecule has 0 bridgehead atoms. The molecule has 0 radical (unpaired) electrons. The third-order valence-corrected chi connectivity index (χ3v) is 3.63. The van der Waals surface area contributed by atoms with Gasteiger partial charge in [-0.3, -0.25) is 4.79 Å². The molecular weight excluding hydrogens is 313 g/mol. The Bertz CT molecular complexity index is 716. The lowest BCUT2D eigenvalue weighted by molar-refractivity contribution is 0.0917. The molecule has 3 rings (SSSR count). The molecule has 0 N–H and O–H groups in total. The number of nitrogens with zero attached hydrogens (tertiary/aromatic N) is 3. The van der Waals surface area contributed by atoms with Gasteiger partial charge in [-0.1, -0.05) is 0 Å². The maximum Gasteiger partial charge on any atom is 0.229 e. The molecule has 6 nitrogen and oxygen atoms in total. The molecule has 2 aromatic rings. The highest BCUT2D eigenvalue weighted by Crippen LogP contribution is 2.17. The zero-order valence-corrected chi connectivity index (χ0v) is 13.4. The molecule has 1 aromatic heterocycles. The van der Waals surface area contributed by atoms with Gasteiger partial charge >= 0.3 is 0 Å². The van der Waals surface area contributed by atoms with E-state index in [2.05, 4.69) is 9.97 Å². The predicted molar refractivity (Wildman–Crippen MR) is 86.0 cm³/mol. The first-order valence-electron chi connectivity index (χ1n) is 7.72. The summed E-state index contributed by atoms with van der Waals surface area (Å²) in [4.78, 5) is 22.9. The fraction of sp³-hybridized carbons (Fsp3) is 0.353. The molecule has 0 spiro atoms. The summed E-state index contributed by atoms with van der Waals surface area (Å²) < 4.78 is 23.7. The summed E-state index contributed by atoms with van der Waals surface area (Å²) in [5.74, 6) is 0.301. The van der Waals surface area contributed by atoms with E-state index in [0.717, 1.165) is 18.8 Å². The van der Waals surface area contributed by atoms with Crippen LogP contribution < -0.4 is 9.64 Å². The summed E-state index contributed by atoms with van der Waals surface area (Å²) in [6.45, 7) is 4.40. The van der Waals surface area contributed by atoms with Gasteiger partial charge in [0.1, 0.15) is 5.82 Å². The van der Waals surface area contributed by atoms with E-state index in [1.165, 1.54) is 24.3 Å². The summed E-state index contributed by atoms with van der Waals surface area (Å²) >= 11 is 0. The number of Topliss-reactive ketones (excluding diaryl/α,β-unsaturated/α-hetero) is 1. The van der Waals surface area contributed by atoms with Crippen molar-refractivity contribution in [2.45, 2.75) is 6.92 Å². The number of aryl methyl sites for hydroxylation is 1. The van der Waals surface area contributed by atoms with Crippen LogP contribution in [0.15, 0.2) is 30.3 Å². The Morgan fingerprint density at radius 3 is 2.67 bits per heavy atom. The van der Waals surface area contributed by atoms with E-state index < -0.39 is 0 Å². The number of rotatable bonds is 5. The summed E-state index contributed by atoms with van der Waals surface area (Å²) in [6.07, 6.45) is 0. The number of hydrogen-bond donors (Lipinski definition) is 0. The van der Waals surface area contributed by atoms with Crippen LogP contribution in [0.1, 0.15) is 16.1 Å². The number of anilines is 1. The smallest absolute Gasteiger partial charge is 0.229 e. The third kappa shape index (κ3) is 4.05. The summed E-state index contributed by atoms with van der Waals surface area (Å²) in [5.41, 5.74) is 1.16. The van der Waals surface area contributed by atoms with E-state index in [9.17, 15) is 9.18 Å². The summed E-state index contributed by atoms with van der Waals surface area (Å²) in [6, 6.07) is 7.05. The van der Waals surface area contributed by atoms with E-state index in [0.29, 0.717) is 30.6 Å². The van der Waals surface area contributed by atoms with E-state index in [4.69, 9.17) is 9.47 Å². The second kappa shape index (κ2) is 7.35. The van der Waals surface area contributed by atoms with Gasteiger partial charge in [0.15, 0.2) is 12.4 Å². The molecule has 2 heterocycles. The Morgan fingerprint density at radius 2 is 1.96 bits per heavy atom. The van der Waals surface area contributed by atoms with Gasteiger partial charge in [-0.05, 0) is 31.2 Å². The second-order valence-electron chi connectivity index (χ2n) is 5.47. The van der Waals surface area contributed by atoms with Crippen molar-refractivity contribution in [3.05, 3.63) is 47.4 Å². The van der Waals surface area contributed by atoms with Gasteiger partial charge in [0.2, 0.25) is 11.8 Å². The zero-order chi connectivity index (χ0) is 16.9. The first-order valence-corrected chi connectivity index (χ1v) is 7.72. The topological polar surface area (TPSA) is 64.5 Å². The van der Waals surface area contributed by atoms with Crippen LogP contribution in [-0.2, 0) is 4.74 Å². The molecular formula is C17H18FN3O3. The van der Waals surface area contributed by atoms with E-state index in [1.807, 2.05) is 11.8 Å². The van der Waals surface area contributed by atoms with Crippen LogP contribution in [-0.4, -0.2) is 48.7 Å². The molecule has 0 amide bonds. The minimum absolute atomic E-state index is 0.162. The average Bonchev–Trinajstić information content (AvgIpc) is 2.60. The summed E-state index contributed by atoms with van der Waals surface area (Å²) in [7, 11) is 0. The molecule has 1 aliphatic heterocycles. The lowest BCUT2D eigenvalue weighted by atomic mass is 10.1. The molecule has 0 saturated carbocycles. The van der Waals surface area contributed by atoms with Crippen LogP contribution in [0.25, 0.3) is 0 Å². The first-order chi connectivity index (χ1) is 11.6. The average molecular weight is 331 g/mol. The van der Waals surface area contributed by atoms with E-state index in [1.54, 1.807) is 6.07 Å². The fourth-order valence-corrected chi connectivity index (χ4v) is 2.36. The Morgan fingerprint density at radius 1 is 1.25 bits per heavy atom. The molecule has 1 saturated heterocycles. The van der Waals surface area contributed by atoms with Crippen molar-refractivity contribution in [2.75, 3.05) is 37.8 Å². The van der Waals surface area contributed by atoms with Gasteiger partial charge in [-0.25, -0.2) is 9.37 Å². The maximum absolute atomic E-state index is 12.9. The number of benzene rings is 1. The standard InChI is InChI=1S/C17H18FN3O3/c1-12-10-16(20-17(19-12)21-6-8-23-9-7-21)24-11-15(22)13-2-4-14(18)5-3-13/h2-5,10H,6-9,11H2,1H3. The number of morpholine rings is 1. The number of ketones is 1. The molecule has 24 heavy (non-hydrogen) atoms. The molecule has 1 aliphatic rings. The van der Waals surface area contributed by atoms with Gasteiger partial charge in [0.25, 0.3) is 0 Å². The number of carbonyl (C=O) groups is 1. The van der Waals surface area contributed by atoms with Crippen molar-refractivity contribution < 1.29 is 18.7 Å². The zero-order valence-electron chi connectivity index (χ0n) is 13.4. The maximum atomic E-state index is 12.9. The van der Waals surface area contributed by atoms with Gasteiger partial charge in [0, 0.05) is 30.4 Å². The van der Waals surface area contributed by atoms with Crippen LogP contribution in [0, 0.1) is 12.7 Å². The molecule has 0 unspecified atom stereocenters. The van der Waals surface area contributed by atoms with Crippen molar-refractivity contribution in [1.82, 2.24) is 9.97 Å². The lowest BCUT2D eigenvalue weighted by Crippen LogP contribution is -2.37. The van der Waals surface area contributed by atoms with Gasteiger partial charge in [-0.2, -0.15) is 4.98 Å². The highest BCUT2D eigenvalue weighted by atomic mass is 19.1. The first kappa shape index (κ1) is 16.3. The lowest BCUT2D eigenvalue weighted by Gasteiger charge is -2.27. The van der Waals surface area contributed by atoms with Crippen molar-refractivity contribution in [1.29, 1.82) is 0 Å². The minimum atomic E-state index is -0.381. The Labute approximate surface area is 139 Å². The highest BCUT2D eigenvalue weighted by molar-refractivity contribution is 5.97. The van der Waals surface area contributed by atoms with Gasteiger partial charge in [-0.15, -0.1) is 0 Å². The monoisotopic (exact) mass is 331 g/mol. The second-order valence-corrected chi connectivity index (χ2v) is 5.47. The van der Waals surface area contributed by atoms with Crippen molar-refractivity contribution in [2.24, 2.45) is 0 Å². The number of halogens is 1. The number of carbonyl (C=O) groups excluding carboxylic acids is 1. The van der Waals surface area contributed by atoms with Crippen molar-refractivity contribution in [3.8, 4) is 5.88 Å². The third-order valence-electron chi connectivity index (χ3n) is 3.63. The highest BCUT2D eigenvalue weighted by Gasteiger charge is 2.16. The quantitative estimate of drug-likeness (QED) is 0.781. The molecule has 0 aliphatic carbocycles. The van der Waals surface area contributed by atoms with Crippen LogP contribution in [0.5, 0.6) is 5.88 Å². The summed E-state index contributed by atoms with van der Waals surface area (Å²) in [5, 5.41) is 0. The molecule has 1 aromatic carbocycles. The Hall–Kier alpha value is -2.54. The largest absolute Gasteiger partial charge is 0.469 e. The molecule has 7 heteroatoms. The van der Waals surface area contributed by atoms with Gasteiger partial charge in [0.05, 0.1) is 13.2 Å². The van der Waals surface area contributed by atoms with Gasteiger partial charge < -0.3 is 14.4 Å². The predicted octanol–water partition coefficient (Wildman–Crippen LogP) is 2.02. The van der Waals surface area contributed by atoms with Crippen molar-refractivity contribution >= 4 is 11.7 Å². The Balaban J connectivity index is 1.67. The van der Waals surface area contributed by atoms with Crippen LogP contribution in [0.3, 0.4) is 0 Å².